The predicted octanol–water partition coefficient (Wildman–Crippen LogP) is -0.569. The summed E-state index contributed by atoms with van der Waals surface area (Å²) in [4.78, 5) is 2.07. The molecule has 5 nitrogen and oxygen atoms in total. The van der Waals surface area contributed by atoms with E-state index in [1.54, 1.807) is 0 Å². The Hall–Kier alpha value is -0.620. The lowest BCUT2D eigenvalue weighted by molar-refractivity contribution is 0.230. The molecule has 1 rings (SSSR count). The zero-order chi connectivity index (χ0) is 10.8. The van der Waals surface area contributed by atoms with E-state index in [0.29, 0.717) is 19.5 Å². The van der Waals surface area contributed by atoms with Crippen molar-refractivity contribution < 1.29 is 8.42 Å². The summed E-state index contributed by atoms with van der Waals surface area (Å²) in [6.07, 6.45) is 0.514. The number of nitrogens with zero attached hydrogens (tertiary/aromatic N) is 1. The third kappa shape index (κ3) is 3.26. The van der Waals surface area contributed by atoms with Gasteiger partial charge in [0, 0.05) is 25.6 Å². The molecule has 0 radical (unpaired) electrons. The van der Waals surface area contributed by atoms with Crippen molar-refractivity contribution in [3.05, 3.63) is 0 Å². The molecule has 0 aliphatic carbocycles. The molecule has 1 atom stereocenters. The van der Waals surface area contributed by atoms with Crippen molar-refractivity contribution in [2.24, 2.45) is 5.73 Å². The van der Waals surface area contributed by atoms with Gasteiger partial charge in [-0.25, -0.2) is 8.42 Å². The Bertz CT molecular complexity index is 299. The van der Waals surface area contributed by atoms with Crippen molar-refractivity contribution in [3.8, 4) is 0 Å². The van der Waals surface area contributed by atoms with E-state index < -0.39 is 9.84 Å². The first kappa shape index (κ1) is 11.5. The fraction of sp³-hybridized carbons (Fsp3) is 0.875. The Labute approximate surface area is 84.7 Å². The molecule has 6 heteroatoms. The van der Waals surface area contributed by atoms with Crippen LogP contribution in [0.3, 0.4) is 0 Å². The van der Waals surface area contributed by atoms with E-state index in [4.69, 9.17) is 11.1 Å². The summed E-state index contributed by atoms with van der Waals surface area (Å²) in [5.41, 5.74) is 5.29. The van der Waals surface area contributed by atoms with E-state index in [1.807, 2.05) is 6.92 Å². The van der Waals surface area contributed by atoms with Crippen molar-refractivity contribution >= 4 is 15.7 Å². The van der Waals surface area contributed by atoms with Gasteiger partial charge in [-0.1, -0.05) is 0 Å². The second-order valence-corrected chi connectivity index (χ2v) is 6.07. The molecule has 0 aromatic heterocycles. The zero-order valence-corrected chi connectivity index (χ0v) is 9.18. The van der Waals surface area contributed by atoms with E-state index >= 15 is 0 Å². The molecule has 0 spiro atoms. The highest BCUT2D eigenvalue weighted by Gasteiger charge is 2.24. The minimum absolute atomic E-state index is 0.158. The second-order valence-electron chi connectivity index (χ2n) is 3.77. The van der Waals surface area contributed by atoms with E-state index in [9.17, 15) is 8.42 Å². The van der Waals surface area contributed by atoms with Gasteiger partial charge in [-0.3, -0.25) is 10.3 Å². The number of hydrogen-bond donors (Lipinski definition) is 2. The first-order valence-electron chi connectivity index (χ1n) is 4.68. The first-order chi connectivity index (χ1) is 6.41. The van der Waals surface area contributed by atoms with Crippen LogP contribution in [0.1, 0.15) is 13.3 Å². The molecule has 1 heterocycles. The van der Waals surface area contributed by atoms with Crippen LogP contribution in [-0.2, 0) is 9.84 Å². The van der Waals surface area contributed by atoms with Crippen LogP contribution in [0.2, 0.25) is 0 Å². The maximum absolute atomic E-state index is 11.1. The smallest absolute Gasteiger partial charge is 0.152 e. The fourth-order valence-corrected chi connectivity index (χ4v) is 2.84. The predicted molar refractivity (Wildman–Crippen MR) is 56.2 cm³/mol. The van der Waals surface area contributed by atoms with Crippen LogP contribution in [0.5, 0.6) is 0 Å². The molecule has 1 unspecified atom stereocenters. The van der Waals surface area contributed by atoms with Gasteiger partial charge in [0.15, 0.2) is 9.84 Å². The maximum atomic E-state index is 11.1. The molecule has 0 bridgehead atoms. The molecule has 0 amide bonds. The maximum Gasteiger partial charge on any atom is 0.152 e. The monoisotopic (exact) mass is 219 g/mol. The van der Waals surface area contributed by atoms with Crippen molar-refractivity contribution in [2.45, 2.75) is 19.4 Å². The number of sulfone groups is 1. The number of nitrogens with one attached hydrogen (secondary N) is 1. The van der Waals surface area contributed by atoms with Gasteiger partial charge in [0.2, 0.25) is 0 Å². The van der Waals surface area contributed by atoms with Crippen LogP contribution >= 0.6 is 0 Å². The van der Waals surface area contributed by atoms with Gasteiger partial charge in [-0.15, -0.1) is 0 Å². The van der Waals surface area contributed by atoms with Crippen LogP contribution in [0.15, 0.2) is 0 Å². The number of rotatable bonds is 3. The minimum Gasteiger partial charge on any atom is -0.388 e. The molecule has 82 valence electrons. The highest BCUT2D eigenvalue weighted by molar-refractivity contribution is 7.91. The molecule has 0 aromatic rings. The summed E-state index contributed by atoms with van der Waals surface area (Å²) in [6.45, 7) is 3.10. The van der Waals surface area contributed by atoms with Crippen LogP contribution in [0, 0.1) is 5.41 Å². The molecule has 1 saturated heterocycles. The van der Waals surface area contributed by atoms with Crippen molar-refractivity contribution in [1.29, 1.82) is 5.41 Å². The zero-order valence-electron chi connectivity index (χ0n) is 8.36. The lowest BCUT2D eigenvalue weighted by Gasteiger charge is -2.31. The summed E-state index contributed by atoms with van der Waals surface area (Å²) in [7, 11) is -2.80. The molecule has 0 aromatic carbocycles. The summed E-state index contributed by atoms with van der Waals surface area (Å²) in [5.74, 6) is 0.621. The molecule has 0 saturated carbocycles. The molecule has 14 heavy (non-hydrogen) atoms. The number of hydrogen-bond acceptors (Lipinski definition) is 4. The molecular formula is C8H17N3O2S. The summed E-state index contributed by atoms with van der Waals surface area (Å²) < 4.78 is 22.3. The molecular weight excluding hydrogens is 202 g/mol. The normalized spacial score (nSPS) is 24.4. The SMILES string of the molecule is CC(CC(=N)N)N1CCS(=O)(=O)CC1. The average molecular weight is 219 g/mol. The van der Waals surface area contributed by atoms with E-state index in [0.717, 1.165) is 0 Å². The Morgan fingerprint density at radius 1 is 1.50 bits per heavy atom. The highest BCUT2D eigenvalue weighted by Crippen LogP contribution is 2.09. The second kappa shape index (κ2) is 4.27. The Balaban J connectivity index is 2.45. The highest BCUT2D eigenvalue weighted by atomic mass is 32.2. The van der Waals surface area contributed by atoms with Gasteiger partial charge in [0.25, 0.3) is 0 Å². The standard InChI is InChI=1S/C8H17N3O2S/c1-7(6-8(9)10)11-2-4-14(12,13)5-3-11/h7H,2-6H2,1H3,(H3,9,10). The van der Waals surface area contributed by atoms with Crippen molar-refractivity contribution in [2.75, 3.05) is 24.6 Å². The van der Waals surface area contributed by atoms with Gasteiger partial charge in [0.1, 0.15) is 0 Å². The number of nitrogens with two attached hydrogens (primary N) is 1. The van der Waals surface area contributed by atoms with E-state index in [-0.39, 0.29) is 23.4 Å². The van der Waals surface area contributed by atoms with Gasteiger partial charge in [-0.2, -0.15) is 0 Å². The Morgan fingerprint density at radius 2 is 2.00 bits per heavy atom. The quantitative estimate of drug-likeness (QED) is 0.491. The topological polar surface area (TPSA) is 87.2 Å². The Morgan fingerprint density at radius 3 is 2.43 bits per heavy atom. The van der Waals surface area contributed by atoms with Gasteiger partial charge in [-0.05, 0) is 6.92 Å². The van der Waals surface area contributed by atoms with Crippen LogP contribution in [0.25, 0.3) is 0 Å². The number of amidine groups is 1. The molecule has 1 fully saturated rings. The summed E-state index contributed by atoms with van der Waals surface area (Å²) >= 11 is 0. The van der Waals surface area contributed by atoms with Gasteiger partial charge < -0.3 is 5.73 Å². The lowest BCUT2D eigenvalue weighted by Crippen LogP contribution is -2.46. The van der Waals surface area contributed by atoms with Gasteiger partial charge >= 0.3 is 0 Å². The lowest BCUT2D eigenvalue weighted by atomic mass is 10.2. The Kier molecular flexibility index (Phi) is 3.49. The van der Waals surface area contributed by atoms with E-state index in [1.165, 1.54) is 0 Å². The van der Waals surface area contributed by atoms with Crippen molar-refractivity contribution in [1.82, 2.24) is 4.90 Å². The van der Waals surface area contributed by atoms with Crippen molar-refractivity contribution in [3.63, 3.8) is 0 Å². The summed E-state index contributed by atoms with van der Waals surface area (Å²) in [5, 5.41) is 7.15. The fourth-order valence-electron chi connectivity index (χ4n) is 1.61. The first-order valence-corrected chi connectivity index (χ1v) is 6.50. The van der Waals surface area contributed by atoms with Crippen LogP contribution < -0.4 is 5.73 Å². The third-order valence-electron chi connectivity index (χ3n) is 2.52. The largest absolute Gasteiger partial charge is 0.388 e. The summed E-state index contributed by atoms with van der Waals surface area (Å²) in [6, 6.07) is 0.169. The minimum atomic E-state index is -2.80. The van der Waals surface area contributed by atoms with Crippen LogP contribution in [0.4, 0.5) is 0 Å². The molecule has 1 aliphatic rings. The third-order valence-corrected chi connectivity index (χ3v) is 4.13. The van der Waals surface area contributed by atoms with Gasteiger partial charge in [0.05, 0.1) is 17.3 Å². The van der Waals surface area contributed by atoms with E-state index in [2.05, 4.69) is 4.90 Å². The molecule has 3 N–H and O–H groups in total. The molecule has 1 aliphatic heterocycles. The van der Waals surface area contributed by atoms with Crippen LogP contribution in [-0.4, -0.2) is 49.8 Å². The average Bonchev–Trinajstić information content (AvgIpc) is 2.02.